The summed E-state index contributed by atoms with van der Waals surface area (Å²) in [5.41, 5.74) is 0.792. The number of nitrogens with zero attached hydrogens (tertiary/aromatic N) is 1. The van der Waals surface area contributed by atoms with E-state index in [-0.39, 0.29) is 15.8 Å². The highest BCUT2D eigenvalue weighted by Crippen LogP contribution is 2.29. The smallest absolute Gasteiger partial charge is 0.296 e. The molecule has 1 heterocycles. The van der Waals surface area contributed by atoms with Crippen LogP contribution in [-0.4, -0.2) is 30.5 Å². The van der Waals surface area contributed by atoms with E-state index in [9.17, 15) is 13.2 Å². The standard InChI is InChI=1S/C17H24N2O3S3/c1-12(2)19-15-8-7-14(11-16(15)24-17(19)20)25(21,22)18-9-10-23-13-5-3-4-6-13/h7-8,11-13,18H,3-6,9-10H2,1-2H3. The third-order valence-electron chi connectivity index (χ3n) is 4.46. The second kappa shape index (κ2) is 7.82. The Morgan fingerprint density at radius 3 is 2.72 bits per heavy atom. The summed E-state index contributed by atoms with van der Waals surface area (Å²) in [7, 11) is -3.54. The molecule has 1 aliphatic rings. The molecule has 1 N–H and O–H groups in total. The van der Waals surface area contributed by atoms with Crippen molar-refractivity contribution in [3.05, 3.63) is 27.9 Å². The van der Waals surface area contributed by atoms with Gasteiger partial charge in [0.15, 0.2) is 0 Å². The van der Waals surface area contributed by atoms with Gasteiger partial charge in [0.25, 0.3) is 0 Å². The molecule has 5 nitrogen and oxygen atoms in total. The number of sulfonamides is 1. The molecule has 0 bridgehead atoms. The van der Waals surface area contributed by atoms with E-state index in [0.717, 1.165) is 22.6 Å². The van der Waals surface area contributed by atoms with Crippen LogP contribution in [0.1, 0.15) is 45.6 Å². The van der Waals surface area contributed by atoms with Crippen LogP contribution in [0.25, 0.3) is 10.2 Å². The molecule has 0 unspecified atom stereocenters. The number of aromatic nitrogens is 1. The first-order valence-corrected chi connectivity index (χ1v) is 12.0. The lowest BCUT2D eigenvalue weighted by Crippen LogP contribution is -2.26. The van der Waals surface area contributed by atoms with E-state index >= 15 is 0 Å². The largest absolute Gasteiger partial charge is 0.308 e. The molecule has 138 valence electrons. The fourth-order valence-electron chi connectivity index (χ4n) is 3.21. The zero-order chi connectivity index (χ0) is 18.0. The first-order chi connectivity index (χ1) is 11.9. The van der Waals surface area contributed by atoms with Gasteiger partial charge in [-0.3, -0.25) is 9.36 Å². The number of thiazole rings is 1. The molecule has 0 radical (unpaired) electrons. The lowest BCUT2D eigenvalue weighted by molar-refractivity contribution is 0.584. The maximum atomic E-state index is 12.5. The maximum Gasteiger partial charge on any atom is 0.308 e. The van der Waals surface area contributed by atoms with E-state index in [1.807, 2.05) is 25.6 Å². The third kappa shape index (κ3) is 4.30. The molecule has 25 heavy (non-hydrogen) atoms. The quantitative estimate of drug-likeness (QED) is 0.721. The zero-order valence-electron chi connectivity index (χ0n) is 14.5. The Morgan fingerprint density at radius 1 is 1.32 bits per heavy atom. The van der Waals surface area contributed by atoms with Crippen molar-refractivity contribution in [2.45, 2.75) is 55.7 Å². The van der Waals surface area contributed by atoms with Gasteiger partial charge in [-0.25, -0.2) is 13.1 Å². The normalized spacial score (nSPS) is 16.3. The summed E-state index contributed by atoms with van der Waals surface area (Å²) in [5.74, 6) is 0.795. The van der Waals surface area contributed by atoms with E-state index < -0.39 is 10.0 Å². The van der Waals surface area contributed by atoms with Crippen LogP contribution >= 0.6 is 23.1 Å². The second-order valence-corrected chi connectivity index (χ2v) is 10.8. The summed E-state index contributed by atoms with van der Waals surface area (Å²) in [6, 6.07) is 4.97. The third-order valence-corrected chi connectivity index (χ3v) is 8.22. The van der Waals surface area contributed by atoms with Crippen LogP contribution in [0, 0.1) is 0 Å². The fourth-order valence-corrected chi connectivity index (χ4v) is 6.75. The summed E-state index contributed by atoms with van der Waals surface area (Å²) in [4.78, 5) is 12.3. The number of hydrogen-bond acceptors (Lipinski definition) is 5. The molecule has 1 aromatic carbocycles. The van der Waals surface area contributed by atoms with E-state index in [1.54, 1.807) is 22.8 Å². The molecule has 3 rings (SSSR count). The Hall–Kier alpha value is -0.830. The highest BCUT2D eigenvalue weighted by molar-refractivity contribution is 8.00. The highest BCUT2D eigenvalue weighted by atomic mass is 32.2. The molecule has 2 aromatic rings. The van der Waals surface area contributed by atoms with E-state index in [1.165, 1.54) is 25.7 Å². The van der Waals surface area contributed by atoms with Crippen LogP contribution in [0.5, 0.6) is 0 Å². The van der Waals surface area contributed by atoms with Gasteiger partial charge in [0.1, 0.15) is 0 Å². The van der Waals surface area contributed by atoms with Crippen LogP contribution in [0.15, 0.2) is 27.9 Å². The molecule has 0 aliphatic heterocycles. The maximum absolute atomic E-state index is 12.5. The fraction of sp³-hybridized carbons (Fsp3) is 0.588. The molecule has 1 saturated carbocycles. The van der Waals surface area contributed by atoms with Crippen molar-refractivity contribution in [3.63, 3.8) is 0 Å². The van der Waals surface area contributed by atoms with Crippen molar-refractivity contribution in [2.75, 3.05) is 12.3 Å². The van der Waals surface area contributed by atoms with Crippen molar-refractivity contribution in [2.24, 2.45) is 0 Å². The number of fused-ring (bicyclic) bond motifs is 1. The molecule has 0 atom stereocenters. The van der Waals surface area contributed by atoms with Gasteiger partial charge in [0, 0.05) is 23.6 Å². The van der Waals surface area contributed by atoms with Gasteiger partial charge in [-0.05, 0) is 44.9 Å². The summed E-state index contributed by atoms with van der Waals surface area (Å²) in [5, 5.41) is 0.689. The monoisotopic (exact) mass is 400 g/mol. The minimum atomic E-state index is -3.54. The van der Waals surface area contributed by atoms with Crippen LogP contribution in [0.3, 0.4) is 0 Å². The zero-order valence-corrected chi connectivity index (χ0v) is 17.0. The number of thioether (sulfide) groups is 1. The van der Waals surface area contributed by atoms with Crippen LogP contribution < -0.4 is 9.60 Å². The van der Waals surface area contributed by atoms with Crippen molar-refractivity contribution in [1.82, 2.24) is 9.29 Å². The Labute approximate surface area is 156 Å². The highest BCUT2D eigenvalue weighted by Gasteiger charge is 2.18. The first kappa shape index (κ1) is 18.9. The number of rotatable bonds is 7. The van der Waals surface area contributed by atoms with Crippen molar-refractivity contribution >= 4 is 43.3 Å². The average molecular weight is 401 g/mol. The predicted molar refractivity (Wildman–Crippen MR) is 106 cm³/mol. The molecular weight excluding hydrogens is 376 g/mol. The van der Waals surface area contributed by atoms with Crippen molar-refractivity contribution in [1.29, 1.82) is 0 Å². The molecule has 0 spiro atoms. The Balaban J connectivity index is 1.70. The average Bonchev–Trinajstić information content (AvgIpc) is 3.17. The molecular formula is C17H24N2O3S3. The number of hydrogen-bond donors (Lipinski definition) is 1. The van der Waals surface area contributed by atoms with Gasteiger partial charge in [0.05, 0.1) is 15.1 Å². The lowest BCUT2D eigenvalue weighted by atomic mass is 10.3. The lowest BCUT2D eigenvalue weighted by Gasteiger charge is -2.10. The van der Waals surface area contributed by atoms with Crippen molar-refractivity contribution < 1.29 is 8.42 Å². The van der Waals surface area contributed by atoms with Gasteiger partial charge < -0.3 is 0 Å². The molecule has 1 fully saturated rings. The second-order valence-electron chi connectivity index (χ2n) is 6.64. The minimum Gasteiger partial charge on any atom is -0.296 e. The van der Waals surface area contributed by atoms with Crippen LogP contribution in [-0.2, 0) is 10.0 Å². The topological polar surface area (TPSA) is 68.2 Å². The number of benzene rings is 1. The molecule has 0 saturated heterocycles. The van der Waals surface area contributed by atoms with Gasteiger partial charge in [0.2, 0.25) is 10.0 Å². The molecule has 8 heteroatoms. The van der Waals surface area contributed by atoms with Gasteiger partial charge in [-0.2, -0.15) is 11.8 Å². The minimum absolute atomic E-state index is 0.0504. The van der Waals surface area contributed by atoms with Gasteiger partial charge in [-0.15, -0.1) is 0 Å². The Bertz CT molecular complexity index is 893. The Kier molecular flexibility index (Phi) is 5.92. The van der Waals surface area contributed by atoms with E-state index in [4.69, 9.17) is 0 Å². The van der Waals surface area contributed by atoms with Gasteiger partial charge >= 0.3 is 4.87 Å². The van der Waals surface area contributed by atoms with Crippen LogP contribution in [0.2, 0.25) is 0 Å². The summed E-state index contributed by atoms with van der Waals surface area (Å²) < 4.78 is 30.1. The predicted octanol–water partition coefficient (Wildman–Crippen LogP) is 3.60. The SMILES string of the molecule is CC(C)n1c(=O)sc2cc(S(=O)(=O)NCCSC3CCCC3)ccc21. The van der Waals surface area contributed by atoms with E-state index in [2.05, 4.69) is 4.72 Å². The molecule has 1 aliphatic carbocycles. The first-order valence-electron chi connectivity index (χ1n) is 8.65. The molecule has 0 amide bonds. The number of nitrogens with one attached hydrogen (secondary N) is 1. The van der Waals surface area contributed by atoms with Gasteiger partial charge in [-0.1, -0.05) is 24.2 Å². The summed E-state index contributed by atoms with van der Waals surface area (Å²) in [6.07, 6.45) is 5.09. The summed E-state index contributed by atoms with van der Waals surface area (Å²) >= 11 is 2.95. The van der Waals surface area contributed by atoms with E-state index in [0.29, 0.717) is 16.5 Å². The summed E-state index contributed by atoms with van der Waals surface area (Å²) in [6.45, 7) is 4.33. The van der Waals surface area contributed by atoms with Crippen LogP contribution in [0.4, 0.5) is 0 Å². The Morgan fingerprint density at radius 2 is 2.04 bits per heavy atom. The molecule has 1 aromatic heterocycles. The van der Waals surface area contributed by atoms with Crippen molar-refractivity contribution in [3.8, 4) is 0 Å².